The van der Waals surface area contributed by atoms with Gasteiger partial charge in [-0.05, 0) is 31.4 Å². The summed E-state index contributed by atoms with van der Waals surface area (Å²) >= 11 is 1.91. The zero-order valence-corrected chi connectivity index (χ0v) is 16.2. The molecule has 24 heavy (non-hydrogen) atoms. The maximum atomic E-state index is 12.1. The van der Waals surface area contributed by atoms with Crippen molar-refractivity contribution in [1.29, 1.82) is 0 Å². The van der Waals surface area contributed by atoms with E-state index in [-0.39, 0.29) is 30.7 Å². The van der Waals surface area contributed by atoms with E-state index < -0.39 is 0 Å². The summed E-state index contributed by atoms with van der Waals surface area (Å²) in [4.78, 5) is 18.9. The van der Waals surface area contributed by atoms with Crippen molar-refractivity contribution in [3.05, 3.63) is 18.3 Å². The zero-order chi connectivity index (χ0) is 15.2. The molecule has 2 fully saturated rings. The Bertz CT molecular complexity index is 491. The van der Waals surface area contributed by atoms with Crippen LogP contribution in [0.25, 0.3) is 0 Å². The average molecular weight is 393 g/mol. The largest absolute Gasteiger partial charge is 0.357 e. The molecule has 0 bridgehead atoms. The first-order chi connectivity index (χ1) is 10.8. The topological polar surface area (TPSA) is 57.3 Å². The number of aromatic nitrogens is 1. The molecule has 0 aromatic carbocycles. The van der Waals surface area contributed by atoms with E-state index in [2.05, 4.69) is 20.5 Å². The second kappa shape index (κ2) is 11.0. The van der Waals surface area contributed by atoms with Crippen molar-refractivity contribution in [2.75, 3.05) is 41.4 Å². The molecule has 2 N–H and O–H groups in total. The lowest BCUT2D eigenvalue weighted by Gasteiger charge is -2.27. The number of carbonyl (C=O) groups excluding carboxylic acids is 1. The molecule has 8 heteroatoms. The van der Waals surface area contributed by atoms with E-state index in [1.807, 2.05) is 23.9 Å². The summed E-state index contributed by atoms with van der Waals surface area (Å²) in [6, 6.07) is 4.26. The Balaban J connectivity index is 0.00000144. The van der Waals surface area contributed by atoms with Crippen LogP contribution in [0.15, 0.2) is 18.3 Å². The molecule has 3 rings (SSSR count). The van der Waals surface area contributed by atoms with Gasteiger partial charge >= 0.3 is 0 Å². The summed E-state index contributed by atoms with van der Waals surface area (Å²) in [6.07, 6.45) is 6.10. The number of hydrogen-bond donors (Lipinski definition) is 2. The van der Waals surface area contributed by atoms with Crippen LogP contribution in [-0.2, 0) is 4.79 Å². The van der Waals surface area contributed by atoms with E-state index in [4.69, 9.17) is 0 Å². The molecule has 136 valence electrons. The Morgan fingerprint density at radius 1 is 1.29 bits per heavy atom. The second-order valence-electron chi connectivity index (χ2n) is 5.93. The normalized spacial score (nSPS) is 20.5. The fourth-order valence-corrected chi connectivity index (χ4v) is 3.91. The summed E-state index contributed by atoms with van der Waals surface area (Å²) < 4.78 is 0. The number of piperidine rings is 1. The van der Waals surface area contributed by atoms with Crippen LogP contribution in [0.3, 0.4) is 0 Å². The minimum absolute atomic E-state index is 0. The molecule has 0 aliphatic carbocycles. The van der Waals surface area contributed by atoms with Crippen molar-refractivity contribution in [2.24, 2.45) is 0 Å². The summed E-state index contributed by atoms with van der Waals surface area (Å²) in [5.74, 6) is 3.23. The summed E-state index contributed by atoms with van der Waals surface area (Å²) in [5, 5.41) is 6.33. The molecule has 1 aromatic heterocycles. The first-order valence-electron chi connectivity index (χ1n) is 8.13. The number of nitrogens with zero attached hydrogens (tertiary/aromatic N) is 2. The van der Waals surface area contributed by atoms with Crippen LogP contribution in [0.1, 0.15) is 25.7 Å². The van der Waals surface area contributed by atoms with Crippen LogP contribution >= 0.6 is 36.6 Å². The third kappa shape index (κ3) is 6.31. The lowest BCUT2D eigenvalue weighted by Crippen LogP contribution is -2.39. The smallest absolute Gasteiger partial charge is 0.226 e. The van der Waals surface area contributed by atoms with Gasteiger partial charge < -0.3 is 15.5 Å². The Morgan fingerprint density at radius 2 is 2.08 bits per heavy atom. The lowest BCUT2D eigenvalue weighted by atomic mass is 10.1. The fraction of sp³-hybridized carbons (Fsp3) is 0.625. The van der Waals surface area contributed by atoms with Gasteiger partial charge in [-0.2, -0.15) is 11.8 Å². The number of anilines is 2. The van der Waals surface area contributed by atoms with E-state index in [0.29, 0.717) is 12.5 Å². The maximum absolute atomic E-state index is 12.1. The Hall–Kier alpha value is -0.690. The number of nitrogens with one attached hydrogen (secondary N) is 2. The van der Waals surface area contributed by atoms with Gasteiger partial charge in [0.1, 0.15) is 5.82 Å². The van der Waals surface area contributed by atoms with Crippen molar-refractivity contribution >= 4 is 54.0 Å². The molecular formula is C16H26Cl2N4OS. The molecule has 2 aliphatic heterocycles. The number of thioether (sulfide) groups is 1. The van der Waals surface area contributed by atoms with Gasteiger partial charge in [-0.25, -0.2) is 4.98 Å². The lowest BCUT2D eigenvalue weighted by molar-refractivity contribution is -0.116. The van der Waals surface area contributed by atoms with Gasteiger partial charge in [-0.15, -0.1) is 24.8 Å². The quantitative estimate of drug-likeness (QED) is 0.824. The molecule has 2 aliphatic rings. The van der Waals surface area contributed by atoms with E-state index in [1.165, 1.54) is 19.3 Å². The minimum Gasteiger partial charge on any atom is -0.357 e. The van der Waals surface area contributed by atoms with Gasteiger partial charge in [0, 0.05) is 43.6 Å². The number of rotatable bonds is 4. The highest BCUT2D eigenvalue weighted by molar-refractivity contribution is 7.99. The van der Waals surface area contributed by atoms with Gasteiger partial charge in [0.25, 0.3) is 0 Å². The number of amides is 1. The highest BCUT2D eigenvalue weighted by Gasteiger charge is 2.17. The molecule has 0 radical (unpaired) electrons. The monoisotopic (exact) mass is 392 g/mol. The molecule has 5 nitrogen and oxygen atoms in total. The average Bonchev–Trinajstić information content (AvgIpc) is 2.57. The van der Waals surface area contributed by atoms with Crippen molar-refractivity contribution in [1.82, 2.24) is 10.3 Å². The van der Waals surface area contributed by atoms with Gasteiger partial charge in [0.2, 0.25) is 5.91 Å². The van der Waals surface area contributed by atoms with Crippen LogP contribution in [0, 0.1) is 0 Å². The maximum Gasteiger partial charge on any atom is 0.226 e. The summed E-state index contributed by atoms with van der Waals surface area (Å²) in [5.41, 5.74) is 0.786. The number of halogens is 2. The van der Waals surface area contributed by atoms with Crippen LogP contribution in [-0.4, -0.2) is 48.1 Å². The molecule has 0 spiro atoms. The van der Waals surface area contributed by atoms with Crippen molar-refractivity contribution < 1.29 is 4.79 Å². The fourth-order valence-electron chi connectivity index (χ4n) is 2.96. The molecule has 1 atom stereocenters. The van der Waals surface area contributed by atoms with Crippen LogP contribution in [0.2, 0.25) is 0 Å². The van der Waals surface area contributed by atoms with Gasteiger partial charge in [0.05, 0.1) is 11.9 Å². The first kappa shape index (κ1) is 21.4. The molecule has 3 heterocycles. The molecule has 1 amide bonds. The number of pyridine rings is 1. The predicted molar refractivity (Wildman–Crippen MR) is 107 cm³/mol. The Kier molecular flexibility index (Phi) is 9.81. The third-order valence-electron chi connectivity index (χ3n) is 4.14. The first-order valence-corrected chi connectivity index (χ1v) is 9.29. The highest BCUT2D eigenvalue weighted by atomic mass is 35.5. The van der Waals surface area contributed by atoms with Crippen molar-refractivity contribution in [2.45, 2.75) is 31.7 Å². The Labute approximate surface area is 160 Å². The summed E-state index contributed by atoms with van der Waals surface area (Å²) in [6.45, 7) is 3.17. The molecule has 1 aromatic rings. The second-order valence-corrected chi connectivity index (χ2v) is 7.08. The third-order valence-corrected chi connectivity index (χ3v) is 5.27. The standard InChI is InChI=1S/C16H24N4OS.2ClH/c21-16(10-14-12-22-9-6-17-14)19-13-4-5-15(18-11-13)20-7-2-1-3-8-20;;/h4-5,11,14,17H,1-3,6-10,12H2,(H,19,21);2*1H. The van der Waals surface area contributed by atoms with E-state index in [1.54, 1.807) is 6.20 Å². The number of carbonyl (C=O) groups is 1. The number of hydrogen-bond acceptors (Lipinski definition) is 5. The van der Waals surface area contributed by atoms with E-state index in [0.717, 1.165) is 42.6 Å². The van der Waals surface area contributed by atoms with Crippen LogP contribution in [0.5, 0.6) is 0 Å². The molecular weight excluding hydrogens is 367 g/mol. The van der Waals surface area contributed by atoms with Crippen LogP contribution < -0.4 is 15.5 Å². The van der Waals surface area contributed by atoms with E-state index >= 15 is 0 Å². The highest BCUT2D eigenvalue weighted by Crippen LogP contribution is 2.19. The van der Waals surface area contributed by atoms with Crippen molar-refractivity contribution in [3.63, 3.8) is 0 Å². The SMILES string of the molecule is Cl.Cl.O=C(CC1CSCCN1)Nc1ccc(N2CCCCC2)nc1. The molecule has 1 unspecified atom stereocenters. The van der Waals surface area contributed by atoms with E-state index in [9.17, 15) is 4.79 Å². The Morgan fingerprint density at radius 3 is 2.71 bits per heavy atom. The zero-order valence-electron chi connectivity index (χ0n) is 13.7. The predicted octanol–water partition coefficient (Wildman–Crippen LogP) is 2.95. The summed E-state index contributed by atoms with van der Waals surface area (Å²) in [7, 11) is 0. The van der Waals surface area contributed by atoms with Gasteiger partial charge in [-0.3, -0.25) is 4.79 Å². The molecule has 2 saturated heterocycles. The van der Waals surface area contributed by atoms with Crippen molar-refractivity contribution in [3.8, 4) is 0 Å². The van der Waals surface area contributed by atoms with Gasteiger partial charge in [-0.1, -0.05) is 0 Å². The van der Waals surface area contributed by atoms with Gasteiger partial charge in [0.15, 0.2) is 0 Å². The molecule has 0 saturated carbocycles. The minimum atomic E-state index is 0. The van der Waals surface area contributed by atoms with Crippen LogP contribution in [0.4, 0.5) is 11.5 Å².